The van der Waals surface area contributed by atoms with E-state index in [-0.39, 0.29) is 18.5 Å². The lowest BCUT2D eigenvalue weighted by Gasteiger charge is -2.40. The number of esters is 1. The van der Waals surface area contributed by atoms with Gasteiger partial charge >= 0.3 is 5.97 Å². The summed E-state index contributed by atoms with van der Waals surface area (Å²) in [5.74, 6) is -0.200. The molecule has 1 saturated heterocycles. The lowest BCUT2D eigenvalue weighted by atomic mass is 9.99. The molecular weight excluding hydrogens is 991 g/mol. The summed E-state index contributed by atoms with van der Waals surface area (Å²) in [6, 6.07) is -0.830. The summed E-state index contributed by atoms with van der Waals surface area (Å²) in [6.45, 7) is 4.30. The van der Waals surface area contributed by atoms with Crippen molar-refractivity contribution in [1.82, 2.24) is 5.32 Å². The standard InChI is InChI=1S/C68H125NO10/c1-3-5-7-9-11-13-15-16-31-35-38-42-46-50-54-61(71)60(59-78-68-67(76)66(75)65(74)62(58-70)79-68)69-63(72)55-51-47-43-39-36-32-29-27-25-23-21-19-17-18-20-22-24-26-28-30-33-37-41-45-49-53-57-77-64(73)56-52-48-44-40-34-14-12-10-8-6-4-2/h10,12,17,19,35,38,50,54,60-62,65-68,70-71,74-76H,3-9,11,13-16,18,20-34,36-37,39-49,51-53,55-59H2,1-2H3,(H,69,72)/b12-10-,19-17-,38-35+,54-50+. The first-order valence-corrected chi connectivity index (χ1v) is 33.4. The molecule has 0 aromatic carbocycles. The number of amides is 1. The molecule has 0 radical (unpaired) electrons. The average Bonchev–Trinajstić information content (AvgIpc) is 3.46. The summed E-state index contributed by atoms with van der Waals surface area (Å²) >= 11 is 0. The molecule has 7 unspecified atom stereocenters. The van der Waals surface area contributed by atoms with Crippen LogP contribution in [0.2, 0.25) is 0 Å². The van der Waals surface area contributed by atoms with Gasteiger partial charge in [-0.1, -0.05) is 255 Å². The Morgan fingerprint density at radius 1 is 0.456 bits per heavy atom. The lowest BCUT2D eigenvalue weighted by molar-refractivity contribution is -0.302. The first-order valence-electron chi connectivity index (χ1n) is 33.4. The van der Waals surface area contributed by atoms with E-state index in [4.69, 9.17) is 14.2 Å². The summed E-state index contributed by atoms with van der Waals surface area (Å²) < 4.78 is 16.7. The zero-order valence-corrected chi connectivity index (χ0v) is 51.1. The SMILES string of the molecule is CCCC/C=C\CCCCCCCC(=O)OCCCCCCCCCCCCCC/C=C\CCCCCCCCCCCCC(=O)NC(COC1OC(CO)C(O)C(O)C1O)C(O)/C=C/CC/C=C/CCCCCCCCCC. The normalized spacial score (nSPS) is 18.7. The van der Waals surface area contributed by atoms with Gasteiger partial charge in [-0.25, -0.2) is 0 Å². The number of rotatable bonds is 58. The van der Waals surface area contributed by atoms with Crippen molar-refractivity contribution in [1.29, 1.82) is 0 Å². The number of hydrogen-bond donors (Lipinski definition) is 6. The van der Waals surface area contributed by atoms with E-state index < -0.39 is 49.5 Å². The molecule has 1 aliphatic rings. The fourth-order valence-electron chi connectivity index (χ4n) is 10.3. The third-order valence-corrected chi connectivity index (χ3v) is 15.6. The molecule has 0 aliphatic carbocycles. The number of ether oxygens (including phenoxy) is 3. The van der Waals surface area contributed by atoms with Gasteiger partial charge in [-0.15, -0.1) is 0 Å². The number of aliphatic hydroxyl groups excluding tert-OH is 5. The molecule has 7 atom stereocenters. The van der Waals surface area contributed by atoms with Crippen LogP contribution >= 0.6 is 0 Å². The van der Waals surface area contributed by atoms with Gasteiger partial charge in [0.25, 0.3) is 0 Å². The Kier molecular flexibility index (Phi) is 54.3. The molecule has 6 N–H and O–H groups in total. The van der Waals surface area contributed by atoms with Crippen molar-refractivity contribution in [3.05, 3.63) is 48.6 Å². The molecule has 462 valence electrons. The smallest absolute Gasteiger partial charge is 0.305 e. The number of nitrogens with one attached hydrogen (secondary N) is 1. The van der Waals surface area contributed by atoms with Gasteiger partial charge in [0.05, 0.1) is 32.0 Å². The first kappa shape index (κ1) is 74.6. The Morgan fingerprint density at radius 2 is 0.835 bits per heavy atom. The molecule has 0 aromatic heterocycles. The summed E-state index contributed by atoms with van der Waals surface area (Å²) in [5, 5.41) is 54.5. The van der Waals surface area contributed by atoms with E-state index in [1.807, 2.05) is 6.08 Å². The first-order chi connectivity index (χ1) is 38.7. The molecule has 0 saturated carbocycles. The lowest BCUT2D eigenvalue weighted by Crippen LogP contribution is -2.60. The minimum Gasteiger partial charge on any atom is -0.466 e. The summed E-state index contributed by atoms with van der Waals surface area (Å²) in [4.78, 5) is 25.1. The van der Waals surface area contributed by atoms with E-state index in [1.54, 1.807) is 6.08 Å². The Morgan fingerprint density at radius 3 is 1.29 bits per heavy atom. The van der Waals surface area contributed by atoms with Crippen LogP contribution in [0.5, 0.6) is 0 Å². The second kappa shape index (κ2) is 57.4. The van der Waals surface area contributed by atoms with Crippen LogP contribution in [0, 0.1) is 0 Å². The molecule has 79 heavy (non-hydrogen) atoms. The maximum Gasteiger partial charge on any atom is 0.305 e. The van der Waals surface area contributed by atoms with E-state index in [2.05, 4.69) is 55.6 Å². The highest BCUT2D eigenvalue weighted by molar-refractivity contribution is 5.76. The van der Waals surface area contributed by atoms with Crippen LogP contribution in [0.1, 0.15) is 309 Å². The molecule has 1 heterocycles. The Balaban J connectivity index is 2.04. The largest absolute Gasteiger partial charge is 0.466 e. The van der Waals surface area contributed by atoms with Gasteiger partial charge in [0.15, 0.2) is 6.29 Å². The van der Waals surface area contributed by atoms with E-state index in [0.717, 1.165) is 57.8 Å². The third-order valence-electron chi connectivity index (χ3n) is 15.6. The summed E-state index contributed by atoms with van der Waals surface area (Å²) in [5.41, 5.74) is 0. The molecule has 1 amide bonds. The van der Waals surface area contributed by atoms with E-state index in [0.29, 0.717) is 19.4 Å². The average molecular weight is 1120 g/mol. The molecule has 1 aliphatic heterocycles. The van der Waals surface area contributed by atoms with Crippen molar-refractivity contribution >= 4 is 11.9 Å². The highest BCUT2D eigenvalue weighted by Gasteiger charge is 2.44. The monoisotopic (exact) mass is 1120 g/mol. The molecule has 0 bridgehead atoms. The van der Waals surface area contributed by atoms with Crippen LogP contribution in [-0.2, 0) is 23.8 Å². The predicted molar refractivity (Wildman–Crippen MR) is 329 cm³/mol. The van der Waals surface area contributed by atoms with Gasteiger partial charge in [0.2, 0.25) is 5.91 Å². The van der Waals surface area contributed by atoms with Gasteiger partial charge in [-0.05, 0) is 89.9 Å². The summed E-state index contributed by atoms with van der Waals surface area (Å²) in [6.07, 6.45) is 63.7. The van der Waals surface area contributed by atoms with Gasteiger partial charge in [0.1, 0.15) is 24.4 Å². The zero-order chi connectivity index (χ0) is 57.3. The fraction of sp³-hybridized carbons (Fsp3) is 0.853. The number of carbonyl (C=O) groups is 2. The Labute approximate surface area is 485 Å². The van der Waals surface area contributed by atoms with Gasteiger partial charge in [0, 0.05) is 12.8 Å². The molecular formula is C68H125NO10. The van der Waals surface area contributed by atoms with Crippen molar-refractivity contribution in [2.45, 2.75) is 352 Å². The maximum absolute atomic E-state index is 13.1. The second-order valence-electron chi connectivity index (χ2n) is 23.2. The summed E-state index contributed by atoms with van der Waals surface area (Å²) in [7, 11) is 0. The number of hydrogen-bond acceptors (Lipinski definition) is 10. The van der Waals surface area contributed by atoms with Crippen molar-refractivity contribution in [2.24, 2.45) is 0 Å². The molecule has 0 aromatic rings. The topological polar surface area (TPSA) is 175 Å². The predicted octanol–water partition coefficient (Wildman–Crippen LogP) is 16.4. The maximum atomic E-state index is 13.1. The number of allylic oxidation sites excluding steroid dienone is 7. The van der Waals surface area contributed by atoms with Crippen molar-refractivity contribution < 1.29 is 49.3 Å². The van der Waals surface area contributed by atoms with Crippen LogP contribution in [-0.4, -0.2) is 100 Å². The zero-order valence-electron chi connectivity index (χ0n) is 51.1. The molecule has 0 spiro atoms. The van der Waals surface area contributed by atoms with Gasteiger partial charge in [-0.2, -0.15) is 0 Å². The highest BCUT2D eigenvalue weighted by atomic mass is 16.7. The third kappa shape index (κ3) is 46.8. The van der Waals surface area contributed by atoms with Crippen molar-refractivity contribution in [2.75, 3.05) is 19.8 Å². The van der Waals surface area contributed by atoms with E-state index in [1.165, 1.54) is 225 Å². The van der Waals surface area contributed by atoms with Crippen LogP contribution in [0.4, 0.5) is 0 Å². The van der Waals surface area contributed by atoms with Crippen LogP contribution < -0.4 is 5.32 Å². The van der Waals surface area contributed by atoms with Gasteiger partial charge in [-0.3, -0.25) is 9.59 Å². The number of aliphatic hydroxyl groups is 5. The second-order valence-corrected chi connectivity index (χ2v) is 23.2. The Bertz CT molecular complexity index is 1450. The quantitative estimate of drug-likeness (QED) is 0.0195. The van der Waals surface area contributed by atoms with Crippen molar-refractivity contribution in [3.8, 4) is 0 Å². The van der Waals surface area contributed by atoms with Crippen molar-refractivity contribution in [3.63, 3.8) is 0 Å². The molecule has 1 fully saturated rings. The Hall–Kier alpha value is -2.38. The van der Waals surface area contributed by atoms with E-state index in [9.17, 15) is 35.1 Å². The van der Waals surface area contributed by atoms with E-state index >= 15 is 0 Å². The molecule has 1 rings (SSSR count). The van der Waals surface area contributed by atoms with Gasteiger partial charge < -0.3 is 45.1 Å². The molecule has 11 nitrogen and oxygen atoms in total. The minimum atomic E-state index is -1.58. The number of unbranched alkanes of at least 4 members (excludes halogenated alkanes) is 38. The minimum absolute atomic E-state index is 0.00738. The fourth-order valence-corrected chi connectivity index (χ4v) is 10.3. The number of carbonyl (C=O) groups excluding carboxylic acids is 2. The highest BCUT2D eigenvalue weighted by Crippen LogP contribution is 2.23. The van der Waals surface area contributed by atoms with Crippen LogP contribution in [0.25, 0.3) is 0 Å². The van der Waals surface area contributed by atoms with Crippen LogP contribution in [0.15, 0.2) is 48.6 Å². The molecule has 11 heteroatoms. The van der Waals surface area contributed by atoms with Crippen LogP contribution in [0.3, 0.4) is 0 Å².